The SMILES string of the molecule is CC(C)CCNC(N)=NCC(=O)Nc1ccc(F)cc1.I. The first-order valence-electron chi connectivity index (χ1n) is 6.56. The van der Waals surface area contributed by atoms with E-state index in [1.54, 1.807) is 0 Å². The highest BCUT2D eigenvalue weighted by molar-refractivity contribution is 14.0. The molecule has 0 spiro atoms. The maximum atomic E-state index is 12.7. The monoisotopic (exact) mass is 408 g/mol. The summed E-state index contributed by atoms with van der Waals surface area (Å²) in [6.07, 6.45) is 0.984. The molecule has 1 aromatic carbocycles. The zero-order valence-electron chi connectivity index (χ0n) is 12.2. The second kappa shape index (κ2) is 10.4. The van der Waals surface area contributed by atoms with Crippen LogP contribution in [0.25, 0.3) is 0 Å². The van der Waals surface area contributed by atoms with Gasteiger partial charge in [-0.1, -0.05) is 13.8 Å². The lowest BCUT2D eigenvalue weighted by Crippen LogP contribution is -2.34. The van der Waals surface area contributed by atoms with Crippen LogP contribution in [0.2, 0.25) is 0 Å². The van der Waals surface area contributed by atoms with Crippen molar-refractivity contribution in [3.05, 3.63) is 30.1 Å². The standard InChI is InChI=1S/C14H21FN4O.HI/c1-10(2)7-8-17-14(16)18-9-13(20)19-12-5-3-11(15)4-6-12;/h3-6,10H,7-9H2,1-2H3,(H,19,20)(H3,16,17,18);1H. The third-order valence-corrected chi connectivity index (χ3v) is 2.55. The van der Waals surface area contributed by atoms with Gasteiger partial charge in [-0.2, -0.15) is 0 Å². The van der Waals surface area contributed by atoms with Crippen LogP contribution in [0.4, 0.5) is 10.1 Å². The van der Waals surface area contributed by atoms with Gasteiger partial charge < -0.3 is 16.4 Å². The fraction of sp³-hybridized carbons (Fsp3) is 0.429. The van der Waals surface area contributed by atoms with Crippen LogP contribution in [0.5, 0.6) is 0 Å². The van der Waals surface area contributed by atoms with Crippen LogP contribution >= 0.6 is 24.0 Å². The van der Waals surface area contributed by atoms with E-state index in [9.17, 15) is 9.18 Å². The first kappa shape index (κ1) is 19.6. The molecule has 0 aliphatic rings. The van der Waals surface area contributed by atoms with Crippen LogP contribution in [0.15, 0.2) is 29.3 Å². The molecule has 21 heavy (non-hydrogen) atoms. The molecule has 0 saturated heterocycles. The number of halogens is 2. The van der Waals surface area contributed by atoms with Gasteiger partial charge in [0, 0.05) is 12.2 Å². The highest BCUT2D eigenvalue weighted by Gasteiger charge is 2.02. The Morgan fingerprint density at radius 1 is 1.33 bits per heavy atom. The second-order valence-corrected chi connectivity index (χ2v) is 4.87. The highest BCUT2D eigenvalue weighted by Crippen LogP contribution is 2.07. The molecule has 0 aliphatic carbocycles. The Labute approximate surface area is 141 Å². The van der Waals surface area contributed by atoms with E-state index >= 15 is 0 Å². The largest absolute Gasteiger partial charge is 0.370 e. The molecule has 0 radical (unpaired) electrons. The lowest BCUT2D eigenvalue weighted by Gasteiger charge is -2.07. The predicted molar refractivity (Wildman–Crippen MR) is 94.4 cm³/mol. The number of rotatable bonds is 6. The van der Waals surface area contributed by atoms with Crippen molar-refractivity contribution in [2.24, 2.45) is 16.6 Å². The number of aliphatic imine (C=N–C) groups is 1. The molecule has 0 heterocycles. The van der Waals surface area contributed by atoms with E-state index in [0.717, 1.165) is 13.0 Å². The van der Waals surface area contributed by atoms with Crippen LogP contribution in [0.1, 0.15) is 20.3 Å². The maximum absolute atomic E-state index is 12.7. The van der Waals surface area contributed by atoms with Crippen LogP contribution in [0.3, 0.4) is 0 Å². The van der Waals surface area contributed by atoms with E-state index in [-0.39, 0.29) is 48.2 Å². The molecular weight excluding hydrogens is 386 g/mol. The number of nitrogens with one attached hydrogen (secondary N) is 2. The number of benzene rings is 1. The second-order valence-electron chi connectivity index (χ2n) is 4.87. The Morgan fingerprint density at radius 3 is 2.52 bits per heavy atom. The lowest BCUT2D eigenvalue weighted by atomic mass is 10.1. The van der Waals surface area contributed by atoms with Gasteiger partial charge in [-0.3, -0.25) is 4.79 Å². The number of hydrogen-bond acceptors (Lipinski definition) is 2. The first-order chi connectivity index (χ1) is 9.47. The molecule has 0 fully saturated rings. The quantitative estimate of drug-likeness (QED) is 0.384. The fourth-order valence-corrected chi connectivity index (χ4v) is 1.44. The summed E-state index contributed by atoms with van der Waals surface area (Å²) in [5.41, 5.74) is 6.16. The first-order valence-corrected chi connectivity index (χ1v) is 6.56. The molecule has 0 bridgehead atoms. The summed E-state index contributed by atoms with van der Waals surface area (Å²) in [4.78, 5) is 15.5. The molecule has 0 unspecified atom stereocenters. The number of hydrogen-bond donors (Lipinski definition) is 3. The van der Waals surface area contributed by atoms with Gasteiger partial charge in [-0.05, 0) is 36.6 Å². The average Bonchev–Trinajstić information content (AvgIpc) is 2.39. The minimum absolute atomic E-state index is 0. The van der Waals surface area contributed by atoms with E-state index in [1.165, 1.54) is 24.3 Å². The summed E-state index contributed by atoms with van der Waals surface area (Å²) < 4.78 is 12.7. The summed E-state index contributed by atoms with van der Waals surface area (Å²) in [5, 5.41) is 5.54. The summed E-state index contributed by atoms with van der Waals surface area (Å²) in [6.45, 7) is 4.89. The van der Waals surface area contributed by atoms with Crippen molar-refractivity contribution in [1.82, 2.24) is 5.32 Å². The Hall–Kier alpha value is -1.38. The lowest BCUT2D eigenvalue weighted by molar-refractivity contribution is -0.114. The highest BCUT2D eigenvalue weighted by atomic mass is 127. The molecule has 0 aromatic heterocycles. The summed E-state index contributed by atoms with van der Waals surface area (Å²) >= 11 is 0. The van der Waals surface area contributed by atoms with Gasteiger partial charge in [-0.25, -0.2) is 9.38 Å². The molecule has 5 nitrogen and oxygen atoms in total. The number of nitrogens with zero attached hydrogens (tertiary/aromatic N) is 1. The van der Waals surface area contributed by atoms with Gasteiger partial charge in [0.1, 0.15) is 12.4 Å². The van der Waals surface area contributed by atoms with Gasteiger partial charge in [0.05, 0.1) is 0 Å². The van der Waals surface area contributed by atoms with Crippen LogP contribution < -0.4 is 16.4 Å². The van der Waals surface area contributed by atoms with E-state index in [4.69, 9.17) is 5.73 Å². The van der Waals surface area contributed by atoms with Crippen molar-refractivity contribution in [1.29, 1.82) is 0 Å². The van der Waals surface area contributed by atoms with Gasteiger partial charge in [0.15, 0.2) is 5.96 Å². The Kier molecular flexibility index (Phi) is 9.68. The van der Waals surface area contributed by atoms with Crippen molar-refractivity contribution in [2.45, 2.75) is 20.3 Å². The van der Waals surface area contributed by atoms with Crippen molar-refractivity contribution in [3.8, 4) is 0 Å². The summed E-state index contributed by atoms with van der Waals surface area (Å²) in [6, 6.07) is 5.53. The Morgan fingerprint density at radius 2 is 1.95 bits per heavy atom. The average molecular weight is 408 g/mol. The van der Waals surface area contributed by atoms with E-state index in [0.29, 0.717) is 11.6 Å². The molecule has 1 rings (SSSR count). The van der Waals surface area contributed by atoms with Crippen molar-refractivity contribution >= 4 is 41.5 Å². The van der Waals surface area contributed by atoms with Gasteiger partial charge in [0.2, 0.25) is 5.91 Å². The van der Waals surface area contributed by atoms with Crippen LogP contribution in [-0.2, 0) is 4.79 Å². The number of guanidine groups is 1. The smallest absolute Gasteiger partial charge is 0.246 e. The molecule has 1 amide bonds. The fourth-order valence-electron chi connectivity index (χ4n) is 1.44. The van der Waals surface area contributed by atoms with Crippen molar-refractivity contribution in [2.75, 3.05) is 18.4 Å². The van der Waals surface area contributed by atoms with Crippen molar-refractivity contribution in [3.63, 3.8) is 0 Å². The number of carbonyl (C=O) groups is 1. The molecule has 118 valence electrons. The predicted octanol–water partition coefficient (Wildman–Crippen LogP) is 2.33. The number of nitrogens with two attached hydrogens (primary N) is 1. The third-order valence-electron chi connectivity index (χ3n) is 2.55. The molecule has 0 saturated carbocycles. The van der Waals surface area contributed by atoms with E-state index in [1.807, 2.05) is 0 Å². The van der Waals surface area contributed by atoms with Gasteiger partial charge in [0.25, 0.3) is 0 Å². The number of amides is 1. The molecule has 0 atom stereocenters. The summed E-state index contributed by atoms with van der Waals surface area (Å²) in [7, 11) is 0. The Bertz CT molecular complexity index is 463. The van der Waals surface area contributed by atoms with Crippen LogP contribution in [-0.4, -0.2) is 25.0 Å². The normalized spacial score (nSPS) is 11.0. The van der Waals surface area contributed by atoms with E-state index < -0.39 is 0 Å². The minimum atomic E-state index is -0.348. The number of anilines is 1. The third kappa shape index (κ3) is 9.22. The summed E-state index contributed by atoms with van der Waals surface area (Å²) in [5.74, 6) is 0.182. The zero-order valence-corrected chi connectivity index (χ0v) is 14.6. The number of carbonyl (C=O) groups excluding carboxylic acids is 1. The van der Waals surface area contributed by atoms with Crippen molar-refractivity contribution < 1.29 is 9.18 Å². The maximum Gasteiger partial charge on any atom is 0.246 e. The zero-order chi connectivity index (χ0) is 15.0. The topological polar surface area (TPSA) is 79.5 Å². The Balaban J connectivity index is 0.00000400. The minimum Gasteiger partial charge on any atom is -0.370 e. The van der Waals surface area contributed by atoms with Gasteiger partial charge in [-0.15, -0.1) is 24.0 Å². The molecule has 4 N–H and O–H groups in total. The molecular formula is C14H22FIN4O. The molecule has 0 aliphatic heterocycles. The van der Waals surface area contributed by atoms with Crippen LogP contribution in [0, 0.1) is 11.7 Å². The molecule has 1 aromatic rings. The van der Waals surface area contributed by atoms with E-state index in [2.05, 4.69) is 29.5 Å². The van der Waals surface area contributed by atoms with Gasteiger partial charge >= 0.3 is 0 Å². The molecule has 7 heteroatoms.